The van der Waals surface area contributed by atoms with Crippen molar-refractivity contribution in [3.05, 3.63) is 39.8 Å². The van der Waals surface area contributed by atoms with E-state index in [1.54, 1.807) is 0 Å². The second-order valence-corrected chi connectivity index (χ2v) is 25.9. The molecule has 0 spiro atoms. The van der Waals surface area contributed by atoms with Gasteiger partial charge in [0.1, 0.15) is 110 Å². The highest BCUT2D eigenvalue weighted by Gasteiger charge is 2.54. The first kappa shape index (κ1) is 86.9. The molecule has 28 atom stereocenters. The summed E-state index contributed by atoms with van der Waals surface area (Å²) in [4.78, 5) is 95.2. The van der Waals surface area contributed by atoms with Gasteiger partial charge in [0.15, 0.2) is 25.2 Å². The average molecular weight is 1530 g/mol. The Kier molecular flexibility index (Phi) is 34.4. The quantitative estimate of drug-likeness (QED) is 0.00741. The first-order valence-electron chi connectivity index (χ1n) is 34.4. The van der Waals surface area contributed by atoms with Crippen LogP contribution in [0.4, 0.5) is 0 Å². The van der Waals surface area contributed by atoms with E-state index in [2.05, 4.69) is 26.0 Å². The lowest BCUT2D eigenvalue weighted by molar-refractivity contribution is -0.326. The van der Waals surface area contributed by atoms with Crippen LogP contribution >= 0.6 is 0 Å². The van der Waals surface area contributed by atoms with Gasteiger partial charge in [-0.1, -0.05) is 11.5 Å². The van der Waals surface area contributed by atoms with Gasteiger partial charge in [0, 0.05) is 42.1 Å². The molecular formula is C64H98N6O36. The summed E-state index contributed by atoms with van der Waals surface area (Å²) in [5.41, 5.74) is 8.16. The van der Waals surface area contributed by atoms with Crippen LogP contribution in [-0.2, 0) is 90.3 Å². The highest BCUT2D eigenvalue weighted by molar-refractivity contribution is 6.00. The number of hydrogen-bond donors (Lipinski definition) is 17. The molecule has 16 unspecified atom stereocenters. The summed E-state index contributed by atoms with van der Waals surface area (Å²) in [7, 11) is 4.31. The van der Waals surface area contributed by atoms with Crippen molar-refractivity contribution in [3.8, 4) is 5.75 Å². The molecule has 0 aromatic heterocycles. The van der Waals surface area contributed by atoms with Gasteiger partial charge in [-0.25, -0.2) is 0 Å². The second-order valence-electron chi connectivity index (χ2n) is 25.9. The van der Waals surface area contributed by atoms with Gasteiger partial charge in [-0.2, -0.15) is 0 Å². The van der Waals surface area contributed by atoms with Crippen LogP contribution in [0.15, 0.2) is 23.3 Å². The highest BCUT2D eigenvalue weighted by atomic mass is 16.7. The normalized spacial score (nSPS) is 36.0. The molecule has 600 valence electrons. The van der Waals surface area contributed by atoms with Crippen molar-refractivity contribution >= 4 is 41.6 Å². The first-order valence-corrected chi connectivity index (χ1v) is 34.4. The van der Waals surface area contributed by atoms with Crippen molar-refractivity contribution in [1.82, 2.24) is 16.0 Å². The Balaban J connectivity index is 0.978. The van der Waals surface area contributed by atoms with Crippen molar-refractivity contribution in [2.24, 2.45) is 28.8 Å². The SMILES string of the molecule is COC(=O)C1C[C@H](OCC2O[C@H](OCCNC(=O)c3cc(OCCNC(=O)CCCCCN=[N+]=[N-])cc(C(=O)NCCO[C@H]4OC(CO[C@H]5CC(C(=O)OC)[C@@H](C(=O)OC)CC5O[C@H]5OC(CO)[C@@H](O)C(O)C5O)[C@@H](O)C(O)C4O)c3)C(O)C(O)[C@@H]2O)C(O[C@H]2OC(CO)[C@@H](O)C(O)C2O)C[C@@H]1C(=O)OC. The van der Waals surface area contributed by atoms with E-state index in [0.29, 0.717) is 19.3 Å². The number of carbonyl (C=O) groups is 7. The number of rotatable bonds is 36. The van der Waals surface area contributed by atoms with Crippen molar-refractivity contribution in [1.29, 1.82) is 0 Å². The zero-order valence-corrected chi connectivity index (χ0v) is 58.4. The Hall–Kier alpha value is -6.34. The number of nitrogens with one attached hydrogen (secondary N) is 3. The van der Waals surface area contributed by atoms with Crippen LogP contribution in [0, 0.1) is 23.7 Å². The maximum Gasteiger partial charge on any atom is 0.309 e. The molecule has 106 heavy (non-hydrogen) atoms. The van der Waals surface area contributed by atoms with Gasteiger partial charge in [-0.3, -0.25) is 33.6 Å². The molecule has 1 aromatic carbocycles. The van der Waals surface area contributed by atoms with Crippen molar-refractivity contribution in [2.45, 2.75) is 199 Å². The lowest BCUT2D eigenvalue weighted by Crippen LogP contribution is -2.61. The minimum atomic E-state index is -1.94. The average Bonchev–Trinajstić information content (AvgIpc) is 0.795. The molecule has 42 nitrogen and oxygen atoms in total. The van der Waals surface area contributed by atoms with Gasteiger partial charge in [-0.05, 0) is 62.3 Å². The summed E-state index contributed by atoms with van der Waals surface area (Å²) in [6, 6.07) is 3.72. The van der Waals surface area contributed by atoms with Gasteiger partial charge in [-0.15, -0.1) is 0 Å². The molecule has 17 N–H and O–H groups in total. The van der Waals surface area contributed by atoms with Gasteiger partial charge in [0.2, 0.25) is 5.91 Å². The molecule has 6 fully saturated rings. The zero-order chi connectivity index (χ0) is 77.6. The number of azide groups is 1. The summed E-state index contributed by atoms with van der Waals surface area (Å²) < 4.78 is 84.1. The smallest absolute Gasteiger partial charge is 0.309 e. The standard InChI is InChI=1S/C64H98N6O36/c1-92-57(88)30-19-34(36(21-32(30)59(90)94-3)101-63-53(84)47(78)43(74)38(23-71)103-63)99-25-40-45(76)49(80)51(82)61(105-40)97-14-11-67-55(86)27-16-28(18-29(17-27)96-13-10-66-42(73)8-6-5-7-9-69-70-65)56(87)68-12-15-98-62-52(83)50(81)46(77)41(106-62)26-100-35-20-31(58(89)93-2)33(60(91)95-4)22-37(35)102-64-54(85)48(79)44(75)39(24-72)104-64/h16-18,30-41,43-54,61-64,71-72,74-85H,5-15,19-26H2,1-4H3,(H,66,73)(H,67,86)(H,68,87)/t30?,31?,32-,33-,34-,35-,36?,37?,38?,39?,40?,41?,43+,44+,45+,46+,47?,48?,49?,50?,51?,52?,53?,54?,61-,62-,63-,64-/m0/s1. The molecule has 2 saturated carbocycles. The van der Waals surface area contributed by atoms with Crippen LogP contribution in [0.2, 0.25) is 0 Å². The van der Waals surface area contributed by atoms with Gasteiger partial charge in [0.05, 0.1) is 123 Å². The Morgan fingerprint density at radius 2 is 0.802 bits per heavy atom. The lowest BCUT2D eigenvalue weighted by Gasteiger charge is -2.45. The number of methoxy groups -OCH3 is 4. The summed E-state index contributed by atoms with van der Waals surface area (Å²) in [6.07, 6.45) is -39.8. The van der Waals surface area contributed by atoms with Crippen LogP contribution in [0.5, 0.6) is 5.75 Å². The van der Waals surface area contributed by atoms with Crippen LogP contribution < -0.4 is 20.7 Å². The number of esters is 4. The molecule has 1 aromatic rings. The summed E-state index contributed by atoms with van der Waals surface area (Å²) in [5, 5.41) is 160. The fourth-order valence-electron chi connectivity index (χ4n) is 13.0. The third kappa shape index (κ3) is 22.7. The van der Waals surface area contributed by atoms with Crippen molar-refractivity contribution in [3.63, 3.8) is 0 Å². The number of nitrogens with zero attached hydrogens (tertiary/aromatic N) is 3. The maximum atomic E-state index is 13.9. The zero-order valence-electron chi connectivity index (χ0n) is 58.4. The molecule has 2 aliphatic carbocycles. The molecule has 0 bridgehead atoms. The highest BCUT2D eigenvalue weighted by Crippen LogP contribution is 2.40. The lowest BCUT2D eigenvalue weighted by atomic mass is 9.76. The molecule has 3 amide bonds. The summed E-state index contributed by atoms with van der Waals surface area (Å²) >= 11 is 0. The van der Waals surface area contributed by atoms with Gasteiger partial charge < -0.3 is 158 Å². The van der Waals surface area contributed by atoms with E-state index in [9.17, 15) is 105 Å². The van der Waals surface area contributed by atoms with Crippen LogP contribution in [0.3, 0.4) is 0 Å². The van der Waals surface area contributed by atoms with Crippen molar-refractivity contribution < 1.29 is 176 Å². The first-order chi connectivity index (χ1) is 50.6. The Bertz CT molecular complexity index is 2880. The molecule has 4 heterocycles. The van der Waals surface area contributed by atoms with E-state index in [0.717, 1.165) is 28.4 Å². The molecule has 7 rings (SSSR count). The number of ether oxygens (including phenoxy) is 15. The predicted octanol–water partition coefficient (Wildman–Crippen LogP) is -7.95. The third-order valence-corrected chi connectivity index (χ3v) is 19.1. The summed E-state index contributed by atoms with van der Waals surface area (Å²) in [6.45, 7) is -4.37. The van der Waals surface area contributed by atoms with Gasteiger partial charge in [0.25, 0.3) is 11.8 Å². The molecule has 0 radical (unpaired) electrons. The predicted molar refractivity (Wildman–Crippen MR) is 345 cm³/mol. The Morgan fingerprint density at radius 3 is 1.18 bits per heavy atom. The fraction of sp³-hybridized carbons (Fsp3) is 0.797. The molecule has 4 aliphatic heterocycles. The topological polar surface area (TPSA) is 626 Å². The van der Waals surface area contributed by atoms with E-state index < -0.39 is 246 Å². The number of carbonyl (C=O) groups excluding carboxylic acids is 7. The Labute approximate surface area is 605 Å². The number of aliphatic hydroxyl groups is 14. The van der Waals surface area contributed by atoms with E-state index in [1.165, 1.54) is 18.2 Å². The van der Waals surface area contributed by atoms with E-state index in [4.69, 9.17) is 76.6 Å². The minimum absolute atomic E-state index is 0.0193. The van der Waals surface area contributed by atoms with Crippen LogP contribution in [0.1, 0.15) is 72.1 Å². The third-order valence-electron chi connectivity index (χ3n) is 19.1. The Morgan fingerprint density at radius 1 is 0.443 bits per heavy atom. The largest absolute Gasteiger partial charge is 0.492 e. The molecular weight excluding hydrogens is 1430 g/mol. The molecule has 4 saturated heterocycles. The molecule has 6 aliphatic rings. The summed E-state index contributed by atoms with van der Waals surface area (Å²) in [5.74, 6) is -10.2. The van der Waals surface area contributed by atoms with Gasteiger partial charge >= 0.3 is 23.9 Å². The van der Waals surface area contributed by atoms with E-state index in [1.807, 2.05) is 0 Å². The monoisotopic (exact) mass is 1530 g/mol. The van der Waals surface area contributed by atoms with Crippen LogP contribution in [0.25, 0.3) is 10.4 Å². The number of aliphatic hydroxyl groups excluding tert-OH is 14. The number of hydrogen-bond acceptors (Lipinski definition) is 37. The van der Waals surface area contributed by atoms with E-state index >= 15 is 0 Å². The number of benzene rings is 1. The van der Waals surface area contributed by atoms with Crippen LogP contribution in [-0.4, -0.2) is 361 Å². The number of unbranched alkanes of at least 4 members (excludes halogenated alkanes) is 2. The van der Waals surface area contributed by atoms with E-state index in [-0.39, 0.29) is 87.7 Å². The second kappa shape index (κ2) is 42.0. The number of amides is 3. The minimum Gasteiger partial charge on any atom is -0.492 e. The maximum absolute atomic E-state index is 13.9. The molecule has 42 heteroatoms. The fourth-order valence-corrected chi connectivity index (χ4v) is 13.0. The van der Waals surface area contributed by atoms with Crippen molar-refractivity contribution in [2.75, 3.05) is 101 Å².